The molecule has 2 N–H and O–H groups in total. The van der Waals surface area contributed by atoms with Crippen LogP contribution in [-0.4, -0.2) is 34.9 Å². The number of hydrogen-bond donors (Lipinski definition) is 2. The van der Waals surface area contributed by atoms with Gasteiger partial charge in [-0.15, -0.1) is 0 Å². The van der Waals surface area contributed by atoms with Crippen molar-refractivity contribution in [1.29, 1.82) is 0 Å². The van der Waals surface area contributed by atoms with Crippen LogP contribution in [0.1, 0.15) is 36.7 Å². The molecular weight excluding hydrogens is 366 g/mol. The summed E-state index contributed by atoms with van der Waals surface area (Å²) in [6, 6.07) is 14.6. The lowest BCUT2D eigenvalue weighted by Crippen LogP contribution is -2.33. The van der Waals surface area contributed by atoms with E-state index in [0.29, 0.717) is 28.4 Å². The number of hydrogen-bond acceptors (Lipinski definition) is 5. The topological polar surface area (TPSA) is 87.2 Å². The molecule has 2 heterocycles. The van der Waals surface area contributed by atoms with E-state index in [2.05, 4.69) is 20.5 Å². The molecule has 1 aromatic heterocycles. The number of rotatable bonds is 4. The number of carbonyl (C=O) groups excluding carboxylic acids is 2. The highest BCUT2D eigenvalue weighted by molar-refractivity contribution is 6.07. The summed E-state index contributed by atoms with van der Waals surface area (Å²) in [7, 11) is 0. The van der Waals surface area contributed by atoms with Crippen molar-refractivity contribution in [3.05, 3.63) is 54.2 Å². The van der Waals surface area contributed by atoms with E-state index in [1.54, 1.807) is 24.3 Å². The van der Waals surface area contributed by atoms with E-state index in [-0.39, 0.29) is 11.8 Å². The number of anilines is 3. The minimum Gasteiger partial charge on any atom is -0.355 e. The molecule has 1 aliphatic rings. The first-order valence-corrected chi connectivity index (χ1v) is 9.81. The number of fused-ring (bicyclic) bond motifs is 1. The lowest BCUT2D eigenvalue weighted by atomic mass is 10.1. The van der Waals surface area contributed by atoms with E-state index in [1.165, 1.54) is 13.3 Å². The van der Waals surface area contributed by atoms with Crippen LogP contribution in [0.2, 0.25) is 0 Å². The van der Waals surface area contributed by atoms with Crippen molar-refractivity contribution in [3.63, 3.8) is 0 Å². The van der Waals surface area contributed by atoms with Gasteiger partial charge in [0.25, 0.3) is 5.91 Å². The monoisotopic (exact) mass is 389 g/mol. The van der Waals surface area contributed by atoms with E-state index in [0.717, 1.165) is 31.4 Å². The summed E-state index contributed by atoms with van der Waals surface area (Å²) in [6.07, 6.45) is 3.36. The van der Waals surface area contributed by atoms with Crippen LogP contribution in [0.25, 0.3) is 11.0 Å². The summed E-state index contributed by atoms with van der Waals surface area (Å²) < 4.78 is 0. The lowest BCUT2D eigenvalue weighted by molar-refractivity contribution is -0.114. The molecule has 2 amide bonds. The molecule has 1 fully saturated rings. The van der Waals surface area contributed by atoms with Crippen molar-refractivity contribution in [1.82, 2.24) is 9.97 Å². The number of carbonyl (C=O) groups is 2. The number of nitrogens with one attached hydrogen (secondary N) is 2. The lowest BCUT2D eigenvalue weighted by Gasteiger charge is -2.29. The van der Waals surface area contributed by atoms with Gasteiger partial charge in [-0.2, -0.15) is 0 Å². The van der Waals surface area contributed by atoms with Crippen molar-refractivity contribution in [2.45, 2.75) is 26.2 Å². The van der Waals surface area contributed by atoms with Crippen LogP contribution in [0.15, 0.2) is 48.5 Å². The third-order valence-electron chi connectivity index (χ3n) is 4.89. The molecule has 7 heteroatoms. The van der Waals surface area contributed by atoms with Crippen LogP contribution in [0, 0.1) is 0 Å². The van der Waals surface area contributed by atoms with Crippen molar-refractivity contribution >= 4 is 40.0 Å². The maximum Gasteiger partial charge on any atom is 0.278 e. The summed E-state index contributed by atoms with van der Waals surface area (Å²) in [5.41, 5.74) is 3.11. The second-order valence-corrected chi connectivity index (χ2v) is 7.14. The quantitative estimate of drug-likeness (QED) is 0.708. The average molecular weight is 389 g/mol. The molecule has 0 atom stereocenters. The van der Waals surface area contributed by atoms with Gasteiger partial charge in [-0.1, -0.05) is 12.1 Å². The summed E-state index contributed by atoms with van der Waals surface area (Å²) in [5.74, 6) is 0.200. The number of piperidine rings is 1. The highest BCUT2D eigenvalue weighted by atomic mass is 16.2. The predicted molar refractivity (Wildman–Crippen MR) is 114 cm³/mol. The maximum absolute atomic E-state index is 13.1. The summed E-state index contributed by atoms with van der Waals surface area (Å²) in [4.78, 5) is 35.8. The van der Waals surface area contributed by atoms with Gasteiger partial charge in [0, 0.05) is 31.4 Å². The van der Waals surface area contributed by atoms with Crippen molar-refractivity contribution in [2.75, 3.05) is 28.6 Å². The molecule has 7 nitrogen and oxygen atoms in total. The Morgan fingerprint density at radius 2 is 1.41 bits per heavy atom. The zero-order chi connectivity index (χ0) is 20.2. The first-order valence-electron chi connectivity index (χ1n) is 9.81. The Labute approximate surface area is 169 Å². The van der Waals surface area contributed by atoms with Gasteiger partial charge in [-0.25, -0.2) is 9.97 Å². The van der Waals surface area contributed by atoms with Crippen LogP contribution in [-0.2, 0) is 4.79 Å². The molecule has 1 saturated heterocycles. The number of aromatic nitrogens is 2. The van der Waals surface area contributed by atoms with Crippen LogP contribution < -0.4 is 15.5 Å². The van der Waals surface area contributed by atoms with Crippen molar-refractivity contribution < 1.29 is 9.59 Å². The SMILES string of the molecule is CC(=O)Nc1ccc(NC(=O)c2nc3ccccc3nc2N2CCCCC2)cc1. The molecular formula is C22H23N5O2. The van der Waals surface area contributed by atoms with Crippen LogP contribution in [0.5, 0.6) is 0 Å². The summed E-state index contributed by atoms with van der Waals surface area (Å²) in [6.45, 7) is 3.20. The van der Waals surface area contributed by atoms with E-state index >= 15 is 0 Å². The Bertz CT molecular complexity index is 1040. The number of para-hydroxylation sites is 2. The zero-order valence-electron chi connectivity index (χ0n) is 16.3. The maximum atomic E-state index is 13.1. The number of benzene rings is 2. The van der Waals surface area contributed by atoms with Gasteiger partial charge in [-0.3, -0.25) is 9.59 Å². The molecule has 0 saturated carbocycles. The minimum atomic E-state index is -0.295. The molecule has 1 aliphatic heterocycles. The fraction of sp³-hybridized carbons (Fsp3) is 0.273. The molecule has 3 aromatic rings. The highest BCUT2D eigenvalue weighted by Crippen LogP contribution is 2.25. The third-order valence-corrected chi connectivity index (χ3v) is 4.89. The van der Waals surface area contributed by atoms with E-state index in [4.69, 9.17) is 4.98 Å². The van der Waals surface area contributed by atoms with Gasteiger partial charge in [0.05, 0.1) is 11.0 Å². The molecule has 0 aliphatic carbocycles. The average Bonchev–Trinajstić information content (AvgIpc) is 2.74. The Morgan fingerprint density at radius 1 is 0.828 bits per heavy atom. The van der Waals surface area contributed by atoms with Gasteiger partial charge < -0.3 is 15.5 Å². The first kappa shape index (κ1) is 18.9. The van der Waals surface area contributed by atoms with Crippen molar-refractivity contribution in [3.8, 4) is 0 Å². The molecule has 4 rings (SSSR count). The Balaban J connectivity index is 1.64. The molecule has 0 unspecified atom stereocenters. The Kier molecular flexibility index (Phi) is 5.37. The van der Waals surface area contributed by atoms with Crippen molar-refractivity contribution in [2.24, 2.45) is 0 Å². The third kappa shape index (κ3) is 4.34. The molecule has 148 valence electrons. The Morgan fingerprint density at radius 3 is 2.03 bits per heavy atom. The van der Waals surface area contributed by atoms with Gasteiger partial charge >= 0.3 is 0 Å². The molecule has 0 spiro atoms. The fourth-order valence-electron chi connectivity index (χ4n) is 3.50. The Hall–Kier alpha value is -3.48. The van der Waals surface area contributed by atoms with Crippen LogP contribution in [0.4, 0.5) is 17.2 Å². The van der Waals surface area contributed by atoms with Gasteiger partial charge in [-0.05, 0) is 55.7 Å². The standard InChI is InChI=1S/C22H23N5O2/c1-15(28)23-16-9-11-17(12-10-16)24-22(29)20-21(27-13-5-2-6-14-27)26-19-8-4-3-7-18(19)25-20/h3-4,7-12H,2,5-6,13-14H2,1H3,(H,23,28)(H,24,29). The number of nitrogens with zero attached hydrogens (tertiary/aromatic N) is 3. The smallest absolute Gasteiger partial charge is 0.278 e. The van der Waals surface area contributed by atoms with E-state index in [9.17, 15) is 9.59 Å². The van der Waals surface area contributed by atoms with E-state index in [1.807, 2.05) is 24.3 Å². The normalized spacial score (nSPS) is 13.9. The van der Waals surface area contributed by atoms with Crippen LogP contribution in [0.3, 0.4) is 0 Å². The van der Waals surface area contributed by atoms with Gasteiger partial charge in [0.2, 0.25) is 5.91 Å². The predicted octanol–water partition coefficient (Wildman–Crippen LogP) is 3.83. The fourth-order valence-corrected chi connectivity index (χ4v) is 3.50. The zero-order valence-corrected chi connectivity index (χ0v) is 16.3. The summed E-state index contributed by atoms with van der Waals surface area (Å²) >= 11 is 0. The van der Waals surface area contributed by atoms with E-state index < -0.39 is 0 Å². The largest absolute Gasteiger partial charge is 0.355 e. The first-order chi connectivity index (χ1) is 14.1. The second kappa shape index (κ2) is 8.26. The van der Waals surface area contributed by atoms with Gasteiger partial charge in [0.1, 0.15) is 0 Å². The second-order valence-electron chi connectivity index (χ2n) is 7.14. The highest BCUT2D eigenvalue weighted by Gasteiger charge is 2.22. The molecule has 0 radical (unpaired) electrons. The molecule has 0 bridgehead atoms. The molecule has 29 heavy (non-hydrogen) atoms. The number of amides is 2. The van der Waals surface area contributed by atoms with Crippen LogP contribution >= 0.6 is 0 Å². The summed E-state index contributed by atoms with van der Waals surface area (Å²) in [5, 5.41) is 5.61. The molecule has 2 aromatic carbocycles. The minimum absolute atomic E-state index is 0.139. The van der Waals surface area contributed by atoms with Gasteiger partial charge in [0.15, 0.2) is 11.5 Å².